The maximum absolute atomic E-state index is 13.6. The number of pyridine rings is 1. The third-order valence-electron chi connectivity index (χ3n) is 5.86. The van der Waals surface area contributed by atoms with Gasteiger partial charge < -0.3 is 15.3 Å². The monoisotopic (exact) mass is 455 g/mol. The summed E-state index contributed by atoms with van der Waals surface area (Å²) in [6.45, 7) is 2.39. The minimum atomic E-state index is -1.48. The summed E-state index contributed by atoms with van der Waals surface area (Å²) >= 11 is 0. The molecule has 0 bridgehead atoms. The average molecular weight is 455 g/mol. The fraction of sp³-hybridized carbons (Fsp3) is 0.280. The van der Waals surface area contributed by atoms with Crippen molar-refractivity contribution in [1.82, 2.24) is 10.3 Å². The van der Waals surface area contributed by atoms with Crippen LogP contribution in [0.15, 0.2) is 48.7 Å². The van der Waals surface area contributed by atoms with Gasteiger partial charge in [0.2, 0.25) is 0 Å². The molecule has 0 saturated carbocycles. The normalized spacial score (nSPS) is 13.7. The van der Waals surface area contributed by atoms with Gasteiger partial charge in [0.15, 0.2) is 17.5 Å². The molecule has 2 aromatic carbocycles. The summed E-state index contributed by atoms with van der Waals surface area (Å²) < 4.78 is 40.4. The van der Waals surface area contributed by atoms with Crippen LogP contribution in [0, 0.1) is 17.5 Å². The van der Waals surface area contributed by atoms with E-state index >= 15 is 0 Å². The van der Waals surface area contributed by atoms with Gasteiger partial charge in [-0.2, -0.15) is 0 Å². The van der Waals surface area contributed by atoms with Crippen molar-refractivity contribution in [2.75, 3.05) is 18.1 Å². The summed E-state index contributed by atoms with van der Waals surface area (Å²) in [6, 6.07) is 10.7. The van der Waals surface area contributed by atoms with Crippen LogP contribution in [-0.4, -0.2) is 35.2 Å². The predicted octanol–water partition coefficient (Wildman–Crippen LogP) is 4.28. The second-order valence-electron chi connectivity index (χ2n) is 8.04. The highest BCUT2D eigenvalue weighted by atomic mass is 19.2. The van der Waals surface area contributed by atoms with Crippen LogP contribution < -0.4 is 10.2 Å². The lowest BCUT2D eigenvalue weighted by molar-refractivity contribution is 0.0914. The molecule has 172 valence electrons. The van der Waals surface area contributed by atoms with Crippen molar-refractivity contribution in [2.24, 2.45) is 0 Å². The van der Waals surface area contributed by atoms with E-state index in [4.69, 9.17) is 0 Å². The fourth-order valence-electron chi connectivity index (χ4n) is 4.09. The lowest BCUT2D eigenvalue weighted by atomic mass is 10.0. The lowest BCUT2D eigenvalue weighted by Gasteiger charge is -2.20. The van der Waals surface area contributed by atoms with Gasteiger partial charge in [-0.15, -0.1) is 0 Å². The number of amides is 1. The van der Waals surface area contributed by atoms with Gasteiger partial charge in [0.05, 0.1) is 12.6 Å². The molecule has 1 unspecified atom stereocenters. The number of benzene rings is 2. The number of aromatic nitrogens is 1. The molecule has 1 aliphatic heterocycles. The maximum Gasteiger partial charge on any atom is 0.251 e. The molecule has 8 heteroatoms. The van der Waals surface area contributed by atoms with E-state index in [2.05, 4.69) is 10.3 Å². The minimum Gasteiger partial charge on any atom is -0.394 e. The van der Waals surface area contributed by atoms with Gasteiger partial charge in [-0.25, -0.2) is 18.2 Å². The number of aliphatic hydroxyl groups is 1. The summed E-state index contributed by atoms with van der Waals surface area (Å²) in [5.41, 5.74) is 3.41. The quantitative estimate of drug-likeness (QED) is 0.522. The summed E-state index contributed by atoms with van der Waals surface area (Å²) in [5, 5.41) is 12.2. The summed E-state index contributed by atoms with van der Waals surface area (Å²) in [6.07, 6.45) is 3.10. The number of nitrogens with zero attached hydrogens (tertiary/aromatic N) is 2. The molecule has 0 saturated heterocycles. The standard InChI is InChI=1S/C25H24F3N3O2/c1-2-17(14-32)30-25(33)19-4-3-5-22-18(19)7-9-31(22)23-13-15(6-8-29-23)10-16-11-20(26)24(28)21(27)12-16/h3-6,8,11-13,17,32H,2,7,9-10,14H2,1H3,(H,30,33). The first kappa shape index (κ1) is 22.8. The van der Waals surface area contributed by atoms with Crippen LogP contribution in [-0.2, 0) is 12.8 Å². The van der Waals surface area contributed by atoms with Crippen LogP contribution in [0.3, 0.4) is 0 Å². The van der Waals surface area contributed by atoms with E-state index in [0.717, 1.165) is 28.9 Å². The molecule has 3 aromatic rings. The molecular formula is C25H24F3N3O2. The first-order valence-electron chi connectivity index (χ1n) is 10.8. The number of halogens is 3. The zero-order chi connectivity index (χ0) is 23.5. The van der Waals surface area contributed by atoms with Gasteiger partial charge in [-0.05, 0) is 72.4 Å². The van der Waals surface area contributed by atoms with E-state index in [0.29, 0.717) is 36.3 Å². The second-order valence-corrected chi connectivity index (χ2v) is 8.04. The Morgan fingerprint density at radius 2 is 1.91 bits per heavy atom. The zero-order valence-corrected chi connectivity index (χ0v) is 18.1. The van der Waals surface area contributed by atoms with Crippen molar-refractivity contribution in [3.05, 3.63) is 88.4 Å². The highest BCUT2D eigenvalue weighted by molar-refractivity contribution is 5.98. The molecule has 0 fully saturated rings. The third kappa shape index (κ3) is 4.71. The smallest absolute Gasteiger partial charge is 0.251 e. The Kier molecular flexibility index (Phi) is 6.65. The van der Waals surface area contributed by atoms with Crippen LogP contribution in [0.4, 0.5) is 24.7 Å². The zero-order valence-electron chi connectivity index (χ0n) is 18.1. The van der Waals surface area contributed by atoms with E-state index < -0.39 is 17.5 Å². The Balaban J connectivity index is 1.59. The van der Waals surface area contributed by atoms with Gasteiger partial charge >= 0.3 is 0 Å². The average Bonchev–Trinajstić information content (AvgIpc) is 3.25. The molecule has 0 aliphatic carbocycles. The van der Waals surface area contributed by atoms with Crippen molar-refractivity contribution in [3.8, 4) is 0 Å². The Labute approximate surface area is 189 Å². The molecule has 1 amide bonds. The molecule has 1 aromatic heterocycles. The number of hydrogen-bond donors (Lipinski definition) is 2. The molecule has 33 heavy (non-hydrogen) atoms. The molecule has 0 spiro atoms. The van der Waals surface area contributed by atoms with Crippen LogP contribution in [0.1, 0.15) is 40.4 Å². The van der Waals surface area contributed by atoms with Gasteiger partial charge in [-0.3, -0.25) is 4.79 Å². The van der Waals surface area contributed by atoms with Crippen LogP contribution in [0.25, 0.3) is 0 Å². The van der Waals surface area contributed by atoms with E-state index in [-0.39, 0.29) is 25.0 Å². The number of carbonyl (C=O) groups excluding carboxylic acids is 1. The first-order valence-corrected chi connectivity index (χ1v) is 10.8. The van der Waals surface area contributed by atoms with Crippen molar-refractivity contribution in [1.29, 1.82) is 0 Å². The first-order chi connectivity index (χ1) is 15.9. The van der Waals surface area contributed by atoms with E-state index in [1.54, 1.807) is 24.4 Å². The van der Waals surface area contributed by atoms with Crippen molar-refractivity contribution < 1.29 is 23.1 Å². The SMILES string of the molecule is CCC(CO)NC(=O)c1cccc2c1CCN2c1cc(Cc2cc(F)c(F)c(F)c2)ccn1. The minimum absolute atomic E-state index is 0.123. The summed E-state index contributed by atoms with van der Waals surface area (Å²) in [5.74, 6) is -3.49. The van der Waals surface area contributed by atoms with E-state index in [9.17, 15) is 23.1 Å². The fourth-order valence-corrected chi connectivity index (χ4v) is 4.09. The van der Waals surface area contributed by atoms with Gasteiger partial charge in [0.1, 0.15) is 5.82 Å². The summed E-state index contributed by atoms with van der Waals surface area (Å²) in [7, 11) is 0. The van der Waals surface area contributed by atoms with Gasteiger partial charge in [0.25, 0.3) is 5.91 Å². The van der Waals surface area contributed by atoms with Gasteiger partial charge in [0, 0.05) is 24.0 Å². The van der Waals surface area contributed by atoms with Crippen LogP contribution >= 0.6 is 0 Å². The molecule has 4 rings (SSSR count). The number of rotatable bonds is 7. The number of fused-ring (bicyclic) bond motifs is 1. The highest BCUT2D eigenvalue weighted by Crippen LogP contribution is 2.36. The number of hydrogen-bond acceptors (Lipinski definition) is 4. The number of carbonyl (C=O) groups is 1. The third-order valence-corrected chi connectivity index (χ3v) is 5.86. The molecule has 0 radical (unpaired) electrons. The Hall–Kier alpha value is -3.39. The number of anilines is 2. The number of aliphatic hydroxyl groups excluding tert-OH is 1. The van der Waals surface area contributed by atoms with E-state index in [1.807, 2.05) is 24.0 Å². The van der Waals surface area contributed by atoms with Crippen LogP contribution in [0.2, 0.25) is 0 Å². The number of nitrogens with one attached hydrogen (secondary N) is 1. The molecule has 5 nitrogen and oxygen atoms in total. The largest absolute Gasteiger partial charge is 0.394 e. The van der Waals surface area contributed by atoms with E-state index in [1.165, 1.54) is 0 Å². The predicted molar refractivity (Wildman–Crippen MR) is 119 cm³/mol. The highest BCUT2D eigenvalue weighted by Gasteiger charge is 2.26. The lowest BCUT2D eigenvalue weighted by Crippen LogP contribution is -2.37. The summed E-state index contributed by atoms with van der Waals surface area (Å²) in [4.78, 5) is 19.2. The topological polar surface area (TPSA) is 65.5 Å². The molecule has 1 aliphatic rings. The Morgan fingerprint density at radius 1 is 1.15 bits per heavy atom. The van der Waals surface area contributed by atoms with Crippen molar-refractivity contribution in [3.63, 3.8) is 0 Å². The second kappa shape index (κ2) is 9.62. The van der Waals surface area contributed by atoms with Crippen molar-refractivity contribution in [2.45, 2.75) is 32.2 Å². The molecule has 1 atom stereocenters. The van der Waals surface area contributed by atoms with Gasteiger partial charge in [-0.1, -0.05) is 13.0 Å². The van der Waals surface area contributed by atoms with Crippen molar-refractivity contribution >= 4 is 17.4 Å². The maximum atomic E-state index is 13.6. The Morgan fingerprint density at radius 3 is 2.61 bits per heavy atom. The van der Waals surface area contributed by atoms with Crippen LogP contribution in [0.5, 0.6) is 0 Å². The molecule has 2 heterocycles. The molecular weight excluding hydrogens is 431 g/mol. The molecule has 2 N–H and O–H groups in total. The Bertz CT molecular complexity index is 1160.